The Kier molecular flexibility index (Phi) is 10.4. The molecule has 0 aliphatic rings. The van der Waals surface area contributed by atoms with Gasteiger partial charge in [0.15, 0.2) is 0 Å². The van der Waals surface area contributed by atoms with Crippen molar-refractivity contribution in [2.75, 3.05) is 13.2 Å². The molecule has 0 fully saturated rings. The summed E-state index contributed by atoms with van der Waals surface area (Å²) in [6.07, 6.45) is 1.37. The van der Waals surface area contributed by atoms with Gasteiger partial charge in [-0.25, -0.2) is 4.79 Å². The zero-order chi connectivity index (χ0) is 26.0. The van der Waals surface area contributed by atoms with Crippen LogP contribution in [-0.4, -0.2) is 25.3 Å². The Balaban J connectivity index is 1.84. The second-order valence-electron chi connectivity index (χ2n) is 10.2. The van der Waals surface area contributed by atoms with Crippen molar-refractivity contribution in [3.63, 3.8) is 0 Å². The fourth-order valence-corrected chi connectivity index (χ4v) is 4.43. The van der Waals surface area contributed by atoms with Gasteiger partial charge in [-0.2, -0.15) is 0 Å². The van der Waals surface area contributed by atoms with Crippen LogP contribution in [0.2, 0.25) is 5.02 Å². The minimum atomic E-state index is -0.424. The van der Waals surface area contributed by atoms with Crippen molar-refractivity contribution < 1.29 is 14.3 Å². The lowest BCUT2D eigenvalue weighted by atomic mass is 9.85. The normalized spacial score (nSPS) is 12.4. The largest absolute Gasteiger partial charge is 0.450 e. The zero-order valence-corrected chi connectivity index (χ0v) is 22.6. The Morgan fingerprint density at radius 1 is 0.944 bits per heavy atom. The summed E-state index contributed by atoms with van der Waals surface area (Å²) in [6, 6.07) is 26.1. The van der Waals surface area contributed by atoms with Crippen LogP contribution in [0.3, 0.4) is 0 Å². The molecule has 0 aliphatic carbocycles. The van der Waals surface area contributed by atoms with Crippen LogP contribution >= 0.6 is 11.6 Å². The number of ether oxygens (including phenoxy) is 2. The van der Waals surface area contributed by atoms with Crippen LogP contribution in [0.5, 0.6) is 0 Å². The Bertz CT molecular complexity index is 1040. The molecular formula is C31H38ClNO3. The van der Waals surface area contributed by atoms with Gasteiger partial charge >= 0.3 is 6.09 Å². The van der Waals surface area contributed by atoms with Crippen molar-refractivity contribution in [3.05, 3.63) is 106 Å². The fourth-order valence-electron chi connectivity index (χ4n) is 4.17. The van der Waals surface area contributed by atoms with Gasteiger partial charge in [0.05, 0.1) is 25.9 Å². The Morgan fingerprint density at radius 3 is 2.11 bits per heavy atom. The SMILES string of the molecule is CCCCOC(=O)N[C@H](COCc1cc(Cl)cc(C(C)(C)C)c1)C(c1ccccc1)c1ccccc1. The lowest BCUT2D eigenvalue weighted by molar-refractivity contribution is 0.0860. The van der Waals surface area contributed by atoms with Crippen LogP contribution in [-0.2, 0) is 21.5 Å². The number of amides is 1. The first kappa shape index (κ1) is 27.8. The summed E-state index contributed by atoms with van der Waals surface area (Å²) < 4.78 is 11.7. The molecule has 0 radical (unpaired) electrons. The maximum Gasteiger partial charge on any atom is 0.407 e. The fraction of sp³-hybridized carbons (Fsp3) is 0.387. The molecule has 192 valence electrons. The zero-order valence-electron chi connectivity index (χ0n) is 21.8. The number of halogens is 1. The first-order chi connectivity index (χ1) is 17.3. The Morgan fingerprint density at radius 2 is 1.56 bits per heavy atom. The molecule has 0 aromatic heterocycles. The summed E-state index contributed by atoms with van der Waals surface area (Å²) in [5.41, 5.74) is 4.35. The number of alkyl carbamates (subject to hydrolysis) is 1. The van der Waals surface area contributed by atoms with E-state index in [1.54, 1.807) is 0 Å². The second-order valence-corrected chi connectivity index (χ2v) is 10.6. The summed E-state index contributed by atoms with van der Waals surface area (Å²) in [5, 5.41) is 3.79. The Labute approximate surface area is 221 Å². The molecule has 3 rings (SSSR count). The number of carbonyl (C=O) groups excluding carboxylic acids is 1. The van der Waals surface area contributed by atoms with Crippen molar-refractivity contribution >= 4 is 17.7 Å². The molecule has 0 heterocycles. The van der Waals surface area contributed by atoms with Crippen LogP contribution in [0.15, 0.2) is 78.9 Å². The highest BCUT2D eigenvalue weighted by Crippen LogP contribution is 2.30. The highest BCUT2D eigenvalue weighted by Gasteiger charge is 2.27. The predicted octanol–water partition coefficient (Wildman–Crippen LogP) is 7.88. The molecule has 0 bridgehead atoms. The maximum absolute atomic E-state index is 12.7. The van der Waals surface area contributed by atoms with Gasteiger partial charge in [0, 0.05) is 10.9 Å². The summed E-state index contributed by atoms with van der Waals surface area (Å²) in [4.78, 5) is 12.7. The molecule has 0 unspecified atom stereocenters. The highest BCUT2D eigenvalue weighted by molar-refractivity contribution is 6.30. The summed E-state index contributed by atoms with van der Waals surface area (Å²) in [5.74, 6) is -0.101. The minimum Gasteiger partial charge on any atom is -0.450 e. The van der Waals surface area contributed by atoms with Crippen molar-refractivity contribution in [3.8, 4) is 0 Å². The van der Waals surface area contributed by atoms with Crippen molar-refractivity contribution in [1.82, 2.24) is 5.32 Å². The van der Waals surface area contributed by atoms with E-state index in [1.807, 2.05) is 48.5 Å². The van der Waals surface area contributed by atoms with E-state index in [1.165, 1.54) is 0 Å². The van der Waals surface area contributed by atoms with Gasteiger partial charge in [0.1, 0.15) is 0 Å². The van der Waals surface area contributed by atoms with Crippen molar-refractivity contribution in [2.45, 2.75) is 64.5 Å². The molecule has 5 heteroatoms. The average molecular weight is 508 g/mol. The van der Waals surface area contributed by atoms with Gasteiger partial charge < -0.3 is 14.8 Å². The van der Waals surface area contributed by atoms with Crippen LogP contribution in [0.25, 0.3) is 0 Å². The van der Waals surface area contributed by atoms with Gasteiger partial charge in [0.25, 0.3) is 0 Å². The smallest absolute Gasteiger partial charge is 0.407 e. The monoisotopic (exact) mass is 507 g/mol. The van der Waals surface area contributed by atoms with Crippen LogP contribution in [0.4, 0.5) is 4.79 Å². The summed E-state index contributed by atoms with van der Waals surface area (Å²) in [6.45, 7) is 9.67. The minimum absolute atomic E-state index is 0.0162. The van der Waals surface area contributed by atoms with Crippen LogP contribution in [0, 0.1) is 0 Å². The van der Waals surface area contributed by atoms with Crippen molar-refractivity contribution in [2.24, 2.45) is 0 Å². The molecule has 1 amide bonds. The molecule has 3 aromatic rings. The average Bonchev–Trinajstić information content (AvgIpc) is 2.85. The van der Waals surface area contributed by atoms with Gasteiger partial charge in [-0.05, 0) is 46.2 Å². The molecule has 0 saturated carbocycles. The van der Waals surface area contributed by atoms with Gasteiger partial charge in [0.2, 0.25) is 0 Å². The van der Waals surface area contributed by atoms with E-state index in [2.05, 4.69) is 63.3 Å². The molecular weight excluding hydrogens is 470 g/mol. The standard InChI is InChI=1S/C31H38ClNO3/c1-5-6-17-36-30(34)33-28(22-35-21-23-18-26(31(2,3)4)20-27(32)19-23)29(24-13-9-7-10-14-24)25-15-11-8-12-16-25/h7-16,18-20,28-29H,5-6,17,21-22H2,1-4H3,(H,33,34)/t28-/m1/s1. The van der Waals surface area contributed by atoms with Gasteiger partial charge in [-0.15, -0.1) is 0 Å². The number of benzene rings is 3. The Hall–Kier alpha value is -2.82. The van der Waals surface area contributed by atoms with E-state index in [0.29, 0.717) is 24.8 Å². The van der Waals surface area contributed by atoms with Crippen LogP contribution in [0.1, 0.15) is 68.7 Å². The number of hydrogen-bond donors (Lipinski definition) is 1. The number of rotatable bonds is 11. The second kappa shape index (κ2) is 13.5. The predicted molar refractivity (Wildman–Crippen MR) is 148 cm³/mol. The molecule has 36 heavy (non-hydrogen) atoms. The van der Waals surface area contributed by atoms with E-state index in [4.69, 9.17) is 21.1 Å². The molecule has 3 aromatic carbocycles. The van der Waals surface area contributed by atoms with Crippen LogP contribution < -0.4 is 5.32 Å². The first-order valence-corrected chi connectivity index (χ1v) is 13.1. The molecule has 4 nitrogen and oxygen atoms in total. The number of carbonyl (C=O) groups is 1. The lowest BCUT2D eigenvalue weighted by Gasteiger charge is -2.29. The number of unbranched alkanes of at least 4 members (excludes halogenated alkanes) is 1. The van der Waals surface area contributed by atoms with E-state index in [9.17, 15) is 4.79 Å². The van der Waals surface area contributed by atoms with E-state index < -0.39 is 6.09 Å². The third-order valence-corrected chi connectivity index (χ3v) is 6.36. The van der Waals surface area contributed by atoms with Crippen molar-refractivity contribution in [1.29, 1.82) is 0 Å². The summed E-state index contributed by atoms with van der Waals surface area (Å²) >= 11 is 6.41. The molecule has 0 aliphatic heterocycles. The molecule has 1 atom stereocenters. The summed E-state index contributed by atoms with van der Waals surface area (Å²) in [7, 11) is 0. The van der Waals surface area contributed by atoms with E-state index >= 15 is 0 Å². The quantitative estimate of drug-likeness (QED) is 0.268. The number of hydrogen-bond acceptors (Lipinski definition) is 3. The molecule has 0 saturated heterocycles. The van der Waals surface area contributed by atoms with E-state index in [-0.39, 0.29) is 17.4 Å². The molecule has 1 N–H and O–H groups in total. The van der Waals surface area contributed by atoms with E-state index in [0.717, 1.165) is 35.1 Å². The van der Waals surface area contributed by atoms with Gasteiger partial charge in [-0.3, -0.25) is 0 Å². The lowest BCUT2D eigenvalue weighted by Crippen LogP contribution is -2.43. The third-order valence-electron chi connectivity index (χ3n) is 6.14. The first-order valence-electron chi connectivity index (χ1n) is 12.7. The topological polar surface area (TPSA) is 47.6 Å². The highest BCUT2D eigenvalue weighted by atomic mass is 35.5. The number of nitrogens with one attached hydrogen (secondary N) is 1. The van der Waals surface area contributed by atoms with Gasteiger partial charge in [-0.1, -0.05) is 112 Å². The third kappa shape index (κ3) is 8.39. The molecule has 0 spiro atoms. The maximum atomic E-state index is 12.7.